The van der Waals surface area contributed by atoms with Crippen LogP contribution < -0.4 is 4.72 Å². The van der Waals surface area contributed by atoms with Gasteiger partial charge in [0.2, 0.25) is 10.0 Å². The Kier molecular flexibility index (Phi) is 5.77. The Morgan fingerprint density at radius 3 is 2.53 bits per heavy atom. The van der Waals surface area contributed by atoms with E-state index < -0.39 is 15.8 Å². The lowest BCUT2D eigenvalue weighted by Gasteiger charge is -2.24. The molecule has 0 saturated carbocycles. The van der Waals surface area contributed by atoms with Gasteiger partial charge in [-0.3, -0.25) is 0 Å². The predicted octanol–water partition coefficient (Wildman–Crippen LogP) is 3.15. The highest BCUT2D eigenvalue weighted by molar-refractivity contribution is 7.89. The van der Waals surface area contributed by atoms with Crippen molar-refractivity contribution in [3.05, 3.63) is 30.1 Å². The maximum Gasteiger partial charge on any atom is 0.243 e. The van der Waals surface area contributed by atoms with Crippen LogP contribution in [0.15, 0.2) is 29.2 Å². The van der Waals surface area contributed by atoms with Crippen molar-refractivity contribution in [3.8, 4) is 0 Å². The van der Waals surface area contributed by atoms with E-state index >= 15 is 0 Å². The first-order valence-electron chi connectivity index (χ1n) is 6.09. The number of halogens is 2. The van der Waals surface area contributed by atoms with Crippen LogP contribution in [0.1, 0.15) is 26.7 Å². The molecule has 0 aliphatic rings. The fourth-order valence-electron chi connectivity index (χ4n) is 1.66. The summed E-state index contributed by atoms with van der Waals surface area (Å²) in [5.74, 6) is -0.197. The highest BCUT2D eigenvalue weighted by Crippen LogP contribution is 2.22. The van der Waals surface area contributed by atoms with Gasteiger partial charge in [0, 0.05) is 12.4 Å². The van der Waals surface area contributed by atoms with E-state index in [4.69, 9.17) is 11.6 Å². The van der Waals surface area contributed by atoms with Crippen molar-refractivity contribution in [3.63, 3.8) is 0 Å². The first kappa shape index (κ1) is 16.4. The largest absolute Gasteiger partial charge is 0.243 e. The molecule has 0 saturated heterocycles. The van der Waals surface area contributed by atoms with Crippen LogP contribution in [0.2, 0.25) is 0 Å². The minimum absolute atomic E-state index is 0.215. The highest BCUT2D eigenvalue weighted by Gasteiger charge is 2.23. The molecule has 0 unspecified atom stereocenters. The fraction of sp³-hybridized carbons (Fsp3) is 0.538. The van der Waals surface area contributed by atoms with E-state index in [0.29, 0.717) is 5.88 Å². The Morgan fingerprint density at radius 1 is 1.32 bits per heavy atom. The van der Waals surface area contributed by atoms with Crippen LogP contribution in [-0.2, 0) is 10.0 Å². The zero-order valence-electron chi connectivity index (χ0n) is 11.1. The summed E-state index contributed by atoms with van der Waals surface area (Å²) >= 11 is 5.63. The summed E-state index contributed by atoms with van der Waals surface area (Å²) < 4.78 is 39.9. The second kappa shape index (κ2) is 6.68. The second-order valence-corrected chi connectivity index (χ2v) is 7.33. The molecule has 1 aromatic rings. The SMILES string of the molecule is CC(C)(CCCCl)CNS(=O)(=O)c1ccccc1F. The minimum atomic E-state index is -3.81. The van der Waals surface area contributed by atoms with E-state index in [1.54, 1.807) is 0 Å². The van der Waals surface area contributed by atoms with Crippen LogP contribution in [0.3, 0.4) is 0 Å². The van der Waals surface area contributed by atoms with Gasteiger partial charge in [0.15, 0.2) is 0 Å². The third-order valence-corrected chi connectivity index (χ3v) is 4.56. The molecule has 0 radical (unpaired) electrons. The molecule has 1 rings (SSSR count). The second-order valence-electron chi connectivity index (χ2n) is 5.21. The maximum atomic E-state index is 13.5. The third kappa shape index (κ3) is 5.09. The van der Waals surface area contributed by atoms with Gasteiger partial charge in [-0.05, 0) is 30.4 Å². The summed E-state index contributed by atoms with van der Waals surface area (Å²) in [6, 6.07) is 5.34. The summed E-state index contributed by atoms with van der Waals surface area (Å²) in [6.45, 7) is 4.15. The van der Waals surface area contributed by atoms with Gasteiger partial charge in [0.25, 0.3) is 0 Å². The van der Waals surface area contributed by atoms with Crippen LogP contribution >= 0.6 is 11.6 Å². The summed E-state index contributed by atoms with van der Waals surface area (Å²) in [5, 5.41) is 0. The Bertz CT molecular complexity index is 517. The van der Waals surface area contributed by atoms with Crippen molar-refractivity contribution in [2.75, 3.05) is 12.4 Å². The Balaban J connectivity index is 2.74. The van der Waals surface area contributed by atoms with E-state index in [2.05, 4.69) is 4.72 Å². The molecular weight excluding hydrogens is 289 g/mol. The van der Waals surface area contributed by atoms with E-state index in [-0.39, 0.29) is 16.9 Å². The minimum Gasteiger partial charge on any atom is -0.211 e. The number of hydrogen-bond donors (Lipinski definition) is 1. The lowest BCUT2D eigenvalue weighted by atomic mass is 9.88. The molecule has 0 aromatic heterocycles. The molecule has 0 aliphatic carbocycles. The lowest BCUT2D eigenvalue weighted by molar-refractivity contribution is 0.331. The van der Waals surface area contributed by atoms with Crippen molar-refractivity contribution in [1.82, 2.24) is 4.72 Å². The number of hydrogen-bond acceptors (Lipinski definition) is 2. The molecule has 0 fully saturated rings. The number of sulfonamides is 1. The molecule has 0 spiro atoms. The molecule has 0 atom stereocenters. The van der Waals surface area contributed by atoms with Gasteiger partial charge in [-0.25, -0.2) is 17.5 Å². The van der Waals surface area contributed by atoms with E-state index in [9.17, 15) is 12.8 Å². The van der Waals surface area contributed by atoms with Crippen molar-refractivity contribution >= 4 is 21.6 Å². The molecule has 0 bridgehead atoms. The van der Waals surface area contributed by atoms with Crippen molar-refractivity contribution in [1.29, 1.82) is 0 Å². The van der Waals surface area contributed by atoms with Gasteiger partial charge < -0.3 is 0 Å². The summed E-state index contributed by atoms with van der Waals surface area (Å²) in [5.41, 5.74) is -0.215. The van der Waals surface area contributed by atoms with Gasteiger partial charge >= 0.3 is 0 Å². The smallest absolute Gasteiger partial charge is 0.211 e. The van der Waals surface area contributed by atoms with Crippen LogP contribution in [0.5, 0.6) is 0 Å². The Hall–Kier alpha value is -0.650. The topological polar surface area (TPSA) is 46.2 Å². The van der Waals surface area contributed by atoms with E-state index in [0.717, 1.165) is 18.9 Å². The molecule has 0 aliphatic heterocycles. The van der Waals surface area contributed by atoms with Gasteiger partial charge in [0.05, 0.1) is 0 Å². The third-order valence-electron chi connectivity index (χ3n) is 2.85. The predicted molar refractivity (Wildman–Crippen MR) is 75.3 cm³/mol. The molecule has 0 heterocycles. The maximum absolute atomic E-state index is 13.5. The van der Waals surface area contributed by atoms with Gasteiger partial charge in [0.1, 0.15) is 10.7 Å². The summed E-state index contributed by atoms with van der Waals surface area (Å²) in [7, 11) is -3.81. The Morgan fingerprint density at radius 2 is 1.95 bits per heavy atom. The van der Waals surface area contributed by atoms with Gasteiger partial charge in [-0.15, -0.1) is 11.6 Å². The zero-order chi connectivity index (χ0) is 14.5. The normalized spacial score (nSPS) is 12.6. The molecule has 3 nitrogen and oxygen atoms in total. The lowest BCUT2D eigenvalue weighted by Crippen LogP contribution is -2.34. The first-order chi connectivity index (χ1) is 8.78. The van der Waals surface area contributed by atoms with Gasteiger partial charge in [-0.1, -0.05) is 26.0 Å². The van der Waals surface area contributed by atoms with Gasteiger partial charge in [-0.2, -0.15) is 0 Å². The quantitative estimate of drug-likeness (QED) is 0.787. The fourth-order valence-corrected chi connectivity index (χ4v) is 3.12. The molecule has 1 aromatic carbocycles. The first-order valence-corrected chi connectivity index (χ1v) is 8.10. The molecule has 6 heteroatoms. The summed E-state index contributed by atoms with van der Waals surface area (Å²) in [6.07, 6.45) is 1.62. The zero-order valence-corrected chi connectivity index (χ0v) is 12.7. The Labute approximate surface area is 119 Å². The molecule has 108 valence electrons. The van der Waals surface area contributed by atoms with Crippen LogP contribution in [0.4, 0.5) is 4.39 Å². The monoisotopic (exact) mass is 307 g/mol. The number of alkyl halides is 1. The molecule has 0 amide bonds. The number of rotatable bonds is 7. The van der Waals surface area contributed by atoms with Crippen molar-refractivity contribution in [2.24, 2.45) is 5.41 Å². The average molecular weight is 308 g/mol. The van der Waals surface area contributed by atoms with Crippen LogP contribution in [-0.4, -0.2) is 20.8 Å². The average Bonchev–Trinajstić information content (AvgIpc) is 2.35. The van der Waals surface area contributed by atoms with Crippen molar-refractivity contribution < 1.29 is 12.8 Å². The van der Waals surface area contributed by atoms with Crippen LogP contribution in [0.25, 0.3) is 0 Å². The van der Waals surface area contributed by atoms with Crippen LogP contribution in [0, 0.1) is 11.2 Å². The number of benzene rings is 1. The molecule has 1 N–H and O–H groups in total. The standard InChI is InChI=1S/C13H19ClFNO2S/c1-13(2,8-5-9-14)10-16-19(17,18)12-7-4-3-6-11(12)15/h3-4,6-7,16H,5,8-10H2,1-2H3. The number of nitrogens with one attached hydrogen (secondary N) is 1. The summed E-state index contributed by atoms with van der Waals surface area (Å²) in [4.78, 5) is -0.317. The highest BCUT2D eigenvalue weighted by atomic mass is 35.5. The van der Waals surface area contributed by atoms with Crippen molar-refractivity contribution in [2.45, 2.75) is 31.6 Å². The van der Waals surface area contributed by atoms with E-state index in [1.807, 2.05) is 13.8 Å². The molecule has 19 heavy (non-hydrogen) atoms. The molecular formula is C13H19ClFNO2S. The van der Waals surface area contributed by atoms with E-state index in [1.165, 1.54) is 18.2 Å².